The summed E-state index contributed by atoms with van der Waals surface area (Å²) in [5.74, 6) is -0.467. The van der Waals surface area contributed by atoms with E-state index >= 15 is 0 Å². The van der Waals surface area contributed by atoms with E-state index in [9.17, 15) is 15.2 Å². The van der Waals surface area contributed by atoms with E-state index in [1.807, 2.05) is 6.07 Å². The number of nitrogens with zero attached hydrogens (tertiary/aromatic N) is 5. The van der Waals surface area contributed by atoms with E-state index in [0.717, 1.165) is 15.9 Å². The van der Waals surface area contributed by atoms with Crippen LogP contribution in [0.3, 0.4) is 0 Å². The maximum Gasteiger partial charge on any atom is 0.287 e. The zero-order chi connectivity index (χ0) is 18.0. The third-order valence-corrected chi connectivity index (χ3v) is 4.39. The number of hydrogen-bond donors (Lipinski definition) is 1. The lowest BCUT2D eigenvalue weighted by molar-refractivity contribution is 0.433. The lowest BCUT2D eigenvalue weighted by Gasteiger charge is -2.10. The third-order valence-electron chi connectivity index (χ3n) is 3.39. The number of thiazole rings is 1. The maximum absolute atomic E-state index is 12.7. The Morgan fingerprint density at radius 3 is 2.64 bits per heavy atom. The first kappa shape index (κ1) is 16.8. The Kier molecular flexibility index (Phi) is 4.61. The van der Waals surface area contributed by atoms with Crippen molar-refractivity contribution in [2.45, 2.75) is 6.92 Å². The fourth-order valence-corrected chi connectivity index (χ4v) is 2.90. The van der Waals surface area contributed by atoms with Crippen molar-refractivity contribution in [3.63, 3.8) is 0 Å². The number of pyridine rings is 1. The third kappa shape index (κ3) is 3.15. The average molecular weight is 372 g/mol. The smallest absolute Gasteiger partial charge is 0.287 e. The second-order valence-corrected chi connectivity index (χ2v) is 6.23. The highest BCUT2D eigenvalue weighted by atomic mass is 35.5. The summed E-state index contributed by atoms with van der Waals surface area (Å²) in [5, 5.41) is 30.1. The highest BCUT2D eigenvalue weighted by Gasteiger charge is 2.21. The van der Waals surface area contributed by atoms with Crippen LogP contribution in [0.1, 0.15) is 11.1 Å². The van der Waals surface area contributed by atoms with E-state index in [0.29, 0.717) is 10.7 Å². The molecule has 2 aromatic heterocycles. The molecule has 9 heteroatoms. The molecule has 124 valence electrons. The molecule has 0 aliphatic rings. The van der Waals surface area contributed by atoms with Gasteiger partial charge in [0.15, 0.2) is 10.8 Å². The van der Waals surface area contributed by atoms with E-state index in [-0.39, 0.29) is 21.9 Å². The first-order valence-corrected chi connectivity index (χ1v) is 8.24. The number of azo groups is 1. The van der Waals surface area contributed by atoms with Crippen LogP contribution in [0.2, 0.25) is 5.02 Å². The van der Waals surface area contributed by atoms with Crippen molar-refractivity contribution >= 4 is 34.3 Å². The highest BCUT2D eigenvalue weighted by molar-refractivity contribution is 7.12. The molecule has 25 heavy (non-hydrogen) atoms. The van der Waals surface area contributed by atoms with Crippen LogP contribution in [0.5, 0.6) is 5.88 Å². The number of benzene rings is 1. The van der Waals surface area contributed by atoms with Crippen LogP contribution in [0.15, 0.2) is 50.9 Å². The summed E-state index contributed by atoms with van der Waals surface area (Å²) < 4.78 is 0.951. The molecule has 0 spiro atoms. The number of rotatable bonds is 3. The molecule has 0 atom stereocenters. The fraction of sp³-hybridized carbons (Fsp3) is 0.0625. The van der Waals surface area contributed by atoms with Gasteiger partial charge in [-0.25, -0.2) is 9.55 Å². The highest BCUT2D eigenvalue weighted by Crippen LogP contribution is 2.29. The van der Waals surface area contributed by atoms with Gasteiger partial charge < -0.3 is 5.11 Å². The van der Waals surface area contributed by atoms with Crippen molar-refractivity contribution in [3.8, 4) is 17.1 Å². The number of aromatic nitrogens is 2. The molecule has 0 aliphatic heterocycles. The van der Waals surface area contributed by atoms with Crippen molar-refractivity contribution in [1.82, 2.24) is 9.55 Å². The Bertz CT molecular complexity index is 1050. The van der Waals surface area contributed by atoms with Gasteiger partial charge >= 0.3 is 0 Å². The Morgan fingerprint density at radius 2 is 2.04 bits per heavy atom. The van der Waals surface area contributed by atoms with Crippen LogP contribution in [0, 0.1) is 18.3 Å². The molecule has 0 saturated carbocycles. The van der Waals surface area contributed by atoms with Crippen LogP contribution >= 0.6 is 22.9 Å². The van der Waals surface area contributed by atoms with Crippen molar-refractivity contribution in [1.29, 1.82) is 5.26 Å². The zero-order valence-electron chi connectivity index (χ0n) is 12.8. The molecule has 0 unspecified atom stereocenters. The summed E-state index contributed by atoms with van der Waals surface area (Å²) in [6.07, 6.45) is 1.49. The maximum atomic E-state index is 12.7. The molecule has 0 fully saturated rings. The van der Waals surface area contributed by atoms with Crippen molar-refractivity contribution < 1.29 is 5.11 Å². The number of aromatic hydroxyl groups is 1. The normalized spacial score (nSPS) is 10.9. The molecule has 0 saturated heterocycles. The minimum Gasteiger partial charge on any atom is -0.493 e. The van der Waals surface area contributed by atoms with Crippen molar-refractivity contribution in [2.24, 2.45) is 10.2 Å². The van der Waals surface area contributed by atoms with E-state index in [2.05, 4.69) is 15.2 Å². The molecule has 3 rings (SSSR count). The summed E-state index contributed by atoms with van der Waals surface area (Å²) in [4.78, 5) is 16.7. The van der Waals surface area contributed by atoms with Crippen LogP contribution in [0.25, 0.3) is 5.13 Å². The van der Waals surface area contributed by atoms with Gasteiger partial charge in [-0.05, 0) is 31.2 Å². The van der Waals surface area contributed by atoms with E-state index in [1.165, 1.54) is 13.1 Å². The molecule has 0 aliphatic carbocycles. The quantitative estimate of drug-likeness (QED) is 0.695. The Hall–Kier alpha value is -3.02. The predicted molar refractivity (Wildman–Crippen MR) is 94.5 cm³/mol. The first-order valence-electron chi connectivity index (χ1n) is 6.98. The summed E-state index contributed by atoms with van der Waals surface area (Å²) in [6.45, 7) is 1.53. The first-order chi connectivity index (χ1) is 12.0. The van der Waals surface area contributed by atoms with Crippen LogP contribution in [0.4, 0.5) is 11.4 Å². The second-order valence-electron chi connectivity index (χ2n) is 4.92. The molecule has 1 N–H and O–H groups in total. The second kappa shape index (κ2) is 6.84. The van der Waals surface area contributed by atoms with Crippen LogP contribution in [-0.4, -0.2) is 14.7 Å². The van der Waals surface area contributed by atoms with Gasteiger partial charge in [0.25, 0.3) is 5.56 Å². The molecule has 1 aromatic carbocycles. The monoisotopic (exact) mass is 371 g/mol. The van der Waals surface area contributed by atoms with E-state index < -0.39 is 11.4 Å². The Balaban J connectivity index is 2.20. The zero-order valence-corrected chi connectivity index (χ0v) is 14.4. The van der Waals surface area contributed by atoms with E-state index in [1.54, 1.807) is 29.6 Å². The molecule has 2 heterocycles. The summed E-state index contributed by atoms with van der Waals surface area (Å²) in [6, 6.07) is 8.47. The van der Waals surface area contributed by atoms with Crippen molar-refractivity contribution in [3.05, 3.63) is 62.3 Å². The summed E-state index contributed by atoms with van der Waals surface area (Å²) in [7, 11) is 0. The Morgan fingerprint density at radius 1 is 1.32 bits per heavy atom. The average Bonchev–Trinajstić information content (AvgIpc) is 3.11. The molecule has 0 amide bonds. The minimum atomic E-state index is -0.610. The number of hydrogen-bond acceptors (Lipinski definition) is 7. The van der Waals surface area contributed by atoms with Gasteiger partial charge in [0, 0.05) is 22.2 Å². The molecule has 0 radical (unpaired) electrons. The molecule has 3 aromatic rings. The van der Waals surface area contributed by atoms with Crippen LogP contribution in [-0.2, 0) is 0 Å². The molecule has 7 nitrogen and oxygen atoms in total. The predicted octanol–water partition coefficient (Wildman–Crippen LogP) is 4.25. The van der Waals surface area contributed by atoms with Gasteiger partial charge in [0.05, 0.1) is 5.69 Å². The molecule has 0 bridgehead atoms. The van der Waals surface area contributed by atoms with Gasteiger partial charge in [-0.3, -0.25) is 4.79 Å². The largest absolute Gasteiger partial charge is 0.493 e. The molecular weight excluding hydrogens is 362 g/mol. The minimum absolute atomic E-state index is 0.0421. The Labute approximate surface area is 151 Å². The van der Waals surface area contributed by atoms with Gasteiger partial charge in [0.2, 0.25) is 5.88 Å². The lowest BCUT2D eigenvalue weighted by Crippen LogP contribution is -2.20. The van der Waals surface area contributed by atoms with Gasteiger partial charge in [-0.2, -0.15) is 10.4 Å². The van der Waals surface area contributed by atoms with Crippen LogP contribution < -0.4 is 5.56 Å². The van der Waals surface area contributed by atoms with Crippen molar-refractivity contribution in [2.75, 3.05) is 0 Å². The summed E-state index contributed by atoms with van der Waals surface area (Å²) >= 11 is 6.97. The standard InChI is InChI=1S/C16H10ClN5O2S/c1-9-12(8-18)14(23)22(16-19-6-7-25-16)15(24)13(9)21-20-11-4-2-10(17)3-5-11/h2-7,23H,1H3. The molecular formula is C16H10ClN5O2S. The van der Waals surface area contributed by atoms with Gasteiger partial charge in [-0.15, -0.1) is 16.5 Å². The number of nitriles is 1. The summed E-state index contributed by atoms with van der Waals surface area (Å²) in [5.41, 5.74) is 0.0344. The SMILES string of the molecule is Cc1c(C#N)c(O)n(-c2nccs2)c(=O)c1N=Nc1ccc(Cl)cc1. The number of halogens is 1. The van der Waals surface area contributed by atoms with Gasteiger partial charge in [-0.1, -0.05) is 11.6 Å². The van der Waals surface area contributed by atoms with Gasteiger partial charge in [0.1, 0.15) is 11.6 Å². The topological polar surface area (TPSA) is 104 Å². The van der Waals surface area contributed by atoms with E-state index in [4.69, 9.17) is 11.6 Å². The lowest BCUT2D eigenvalue weighted by atomic mass is 10.1. The fourth-order valence-electron chi connectivity index (χ4n) is 2.13.